The van der Waals surface area contributed by atoms with Gasteiger partial charge in [-0.2, -0.15) is 0 Å². The zero-order chi connectivity index (χ0) is 20.0. The molecule has 2 aliphatic rings. The molecule has 2 N–H and O–H groups in total. The summed E-state index contributed by atoms with van der Waals surface area (Å²) in [5.74, 6) is -1.02. The molecular weight excluding hydrogens is 366 g/mol. The second-order valence-electron chi connectivity index (χ2n) is 7.48. The van der Waals surface area contributed by atoms with Crippen molar-refractivity contribution in [3.05, 3.63) is 83.9 Å². The minimum atomic E-state index is -0.910. The van der Waals surface area contributed by atoms with Gasteiger partial charge >= 0.3 is 11.9 Å². The summed E-state index contributed by atoms with van der Waals surface area (Å²) < 4.78 is 5.64. The molecule has 0 fully saturated rings. The summed E-state index contributed by atoms with van der Waals surface area (Å²) in [5.41, 5.74) is 1.84. The molecule has 0 spiro atoms. The molecule has 1 heterocycles. The molecule has 0 aromatic heterocycles. The molecule has 0 bridgehead atoms. The fraction of sp³-hybridized carbons (Fsp3) is 0.167. The molecule has 144 valence electrons. The SMILES string of the molecule is O=C(Oc1ccc2ccccc2c1)c1cccc2c1N[C@H](C(=O)O)[C@@H]1CC=C[C@H]21. The molecule has 1 aliphatic carbocycles. The van der Waals surface area contributed by atoms with E-state index in [1.807, 2.05) is 60.7 Å². The van der Waals surface area contributed by atoms with Crippen LogP contribution in [0.1, 0.15) is 28.3 Å². The number of hydrogen-bond donors (Lipinski definition) is 2. The van der Waals surface area contributed by atoms with Crippen LogP contribution in [0.4, 0.5) is 5.69 Å². The van der Waals surface area contributed by atoms with E-state index in [0.29, 0.717) is 23.4 Å². The summed E-state index contributed by atoms with van der Waals surface area (Å²) in [6.45, 7) is 0. The number of allylic oxidation sites excluding steroid dienone is 2. The number of carbonyl (C=O) groups excluding carboxylic acids is 1. The van der Waals surface area contributed by atoms with Crippen LogP contribution in [0.25, 0.3) is 10.8 Å². The van der Waals surface area contributed by atoms with Crippen LogP contribution in [0, 0.1) is 5.92 Å². The van der Waals surface area contributed by atoms with Gasteiger partial charge in [-0.1, -0.05) is 54.6 Å². The molecule has 5 rings (SSSR count). The predicted octanol–water partition coefficient (Wildman–Crippen LogP) is 4.60. The highest BCUT2D eigenvalue weighted by Gasteiger charge is 2.42. The van der Waals surface area contributed by atoms with Crippen molar-refractivity contribution in [3.63, 3.8) is 0 Å². The van der Waals surface area contributed by atoms with Crippen LogP contribution >= 0.6 is 0 Å². The maximum atomic E-state index is 13.0. The maximum absolute atomic E-state index is 13.0. The first-order chi connectivity index (χ1) is 14.1. The molecule has 29 heavy (non-hydrogen) atoms. The van der Waals surface area contributed by atoms with Gasteiger partial charge in [-0.3, -0.25) is 0 Å². The van der Waals surface area contributed by atoms with Crippen molar-refractivity contribution in [3.8, 4) is 5.75 Å². The van der Waals surface area contributed by atoms with Crippen LogP contribution in [-0.4, -0.2) is 23.1 Å². The fourth-order valence-electron chi connectivity index (χ4n) is 4.43. The second kappa shape index (κ2) is 6.78. The van der Waals surface area contributed by atoms with Crippen molar-refractivity contribution < 1.29 is 19.4 Å². The van der Waals surface area contributed by atoms with Crippen LogP contribution < -0.4 is 10.1 Å². The summed E-state index contributed by atoms with van der Waals surface area (Å²) >= 11 is 0. The monoisotopic (exact) mass is 385 g/mol. The Balaban J connectivity index is 1.50. The highest BCUT2D eigenvalue weighted by molar-refractivity contribution is 5.99. The summed E-state index contributed by atoms with van der Waals surface area (Å²) in [6, 6.07) is 18.0. The highest BCUT2D eigenvalue weighted by Crippen LogP contribution is 2.45. The average molecular weight is 385 g/mol. The Morgan fingerprint density at radius 2 is 1.83 bits per heavy atom. The van der Waals surface area contributed by atoms with E-state index in [4.69, 9.17) is 4.74 Å². The number of carbonyl (C=O) groups is 2. The van der Waals surface area contributed by atoms with Gasteiger partial charge in [0.05, 0.1) is 11.3 Å². The van der Waals surface area contributed by atoms with Crippen molar-refractivity contribution in [2.24, 2.45) is 5.92 Å². The Kier molecular flexibility index (Phi) is 4.09. The van der Waals surface area contributed by atoms with Gasteiger partial charge in [0.1, 0.15) is 11.8 Å². The predicted molar refractivity (Wildman–Crippen MR) is 110 cm³/mol. The largest absolute Gasteiger partial charge is 0.480 e. The van der Waals surface area contributed by atoms with Crippen molar-refractivity contribution in [2.45, 2.75) is 18.4 Å². The third-order valence-corrected chi connectivity index (χ3v) is 5.81. The quantitative estimate of drug-likeness (QED) is 0.392. The molecule has 0 radical (unpaired) electrons. The van der Waals surface area contributed by atoms with Crippen molar-refractivity contribution in [1.82, 2.24) is 0 Å². The third kappa shape index (κ3) is 2.95. The van der Waals surface area contributed by atoms with E-state index < -0.39 is 18.0 Å². The fourth-order valence-corrected chi connectivity index (χ4v) is 4.43. The molecule has 5 nitrogen and oxygen atoms in total. The van der Waals surface area contributed by atoms with Crippen molar-refractivity contribution in [2.75, 3.05) is 5.32 Å². The van der Waals surface area contributed by atoms with Crippen LogP contribution in [0.5, 0.6) is 5.75 Å². The highest BCUT2D eigenvalue weighted by atomic mass is 16.5. The van der Waals surface area contributed by atoms with Gasteiger partial charge in [0.15, 0.2) is 0 Å². The molecule has 0 unspecified atom stereocenters. The van der Waals surface area contributed by atoms with Crippen LogP contribution in [-0.2, 0) is 4.79 Å². The minimum absolute atomic E-state index is 0.0132. The topological polar surface area (TPSA) is 75.6 Å². The molecule has 0 saturated carbocycles. The maximum Gasteiger partial charge on any atom is 0.345 e. The summed E-state index contributed by atoms with van der Waals surface area (Å²) in [7, 11) is 0. The van der Waals surface area contributed by atoms with Gasteiger partial charge in [-0.15, -0.1) is 0 Å². The van der Waals surface area contributed by atoms with E-state index in [9.17, 15) is 14.7 Å². The number of ether oxygens (including phenoxy) is 1. The Morgan fingerprint density at radius 3 is 2.66 bits per heavy atom. The number of carboxylic acids is 1. The number of para-hydroxylation sites is 1. The van der Waals surface area contributed by atoms with Crippen LogP contribution in [0.15, 0.2) is 72.8 Å². The normalized spacial score (nSPS) is 21.9. The smallest absolute Gasteiger partial charge is 0.345 e. The standard InChI is InChI=1S/C24H19NO4/c26-23(27)22-19-9-3-7-17(19)18-8-4-10-20(21(18)25-22)24(28)29-16-12-11-14-5-1-2-6-15(14)13-16/h1-8,10-13,17,19,22,25H,9H2,(H,26,27)/t17-,19-,22+/m1/s1. The lowest BCUT2D eigenvalue weighted by Crippen LogP contribution is -2.42. The first-order valence-corrected chi connectivity index (χ1v) is 9.62. The van der Waals surface area contributed by atoms with E-state index in [2.05, 4.69) is 5.32 Å². The number of anilines is 1. The van der Waals surface area contributed by atoms with Gasteiger partial charge < -0.3 is 15.2 Å². The zero-order valence-electron chi connectivity index (χ0n) is 15.5. The molecule has 3 aromatic carbocycles. The van der Waals surface area contributed by atoms with E-state index in [1.54, 1.807) is 12.1 Å². The van der Waals surface area contributed by atoms with Gasteiger partial charge in [-0.05, 0) is 41.0 Å². The number of rotatable bonds is 3. The zero-order valence-corrected chi connectivity index (χ0v) is 15.5. The van der Waals surface area contributed by atoms with Crippen LogP contribution in [0.3, 0.4) is 0 Å². The van der Waals surface area contributed by atoms with Gasteiger partial charge in [0.25, 0.3) is 0 Å². The molecule has 5 heteroatoms. The van der Waals surface area contributed by atoms with Crippen molar-refractivity contribution >= 4 is 28.4 Å². The second-order valence-corrected chi connectivity index (χ2v) is 7.48. The van der Waals surface area contributed by atoms with Crippen LogP contribution in [0.2, 0.25) is 0 Å². The van der Waals surface area contributed by atoms with Gasteiger partial charge in [0, 0.05) is 11.8 Å². The molecule has 1 aliphatic heterocycles. The van der Waals surface area contributed by atoms with Gasteiger partial charge in [0.2, 0.25) is 0 Å². The molecule has 0 saturated heterocycles. The first-order valence-electron chi connectivity index (χ1n) is 9.62. The lowest BCUT2D eigenvalue weighted by atomic mass is 9.78. The average Bonchev–Trinajstić information content (AvgIpc) is 3.22. The lowest BCUT2D eigenvalue weighted by Gasteiger charge is -2.35. The molecule has 3 atom stereocenters. The Labute approximate surface area is 167 Å². The summed E-state index contributed by atoms with van der Waals surface area (Å²) in [6.07, 6.45) is 4.76. The Hall–Kier alpha value is -3.60. The third-order valence-electron chi connectivity index (χ3n) is 5.81. The number of fused-ring (bicyclic) bond motifs is 4. The van der Waals surface area contributed by atoms with E-state index in [-0.39, 0.29) is 11.8 Å². The summed E-state index contributed by atoms with van der Waals surface area (Å²) in [4.78, 5) is 24.8. The number of carboxylic acid groups (broad SMARTS) is 1. The number of esters is 1. The first kappa shape index (κ1) is 17.5. The lowest BCUT2D eigenvalue weighted by molar-refractivity contribution is -0.139. The Morgan fingerprint density at radius 1 is 1.00 bits per heavy atom. The molecular formula is C24H19NO4. The number of benzene rings is 3. The molecule has 0 amide bonds. The van der Waals surface area contributed by atoms with E-state index in [0.717, 1.165) is 16.3 Å². The van der Waals surface area contributed by atoms with E-state index in [1.165, 1.54) is 0 Å². The van der Waals surface area contributed by atoms with Crippen molar-refractivity contribution in [1.29, 1.82) is 0 Å². The number of nitrogens with one attached hydrogen (secondary N) is 1. The number of aliphatic carboxylic acids is 1. The summed E-state index contributed by atoms with van der Waals surface area (Å²) in [5, 5.41) is 14.8. The number of hydrogen-bond acceptors (Lipinski definition) is 4. The van der Waals surface area contributed by atoms with Gasteiger partial charge in [-0.25, -0.2) is 9.59 Å². The minimum Gasteiger partial charge on any atom is -0.480 e. The van der Waals surface area contributed by atoms with E-state index >= 15 is 0 Å². The molecule has 3 aromatic rings. The Bertz CT molecular complexity index is 1170.